The lowest BCUT2D eigenvalue weighted by molar-refractivity contribution is -0.0817. The van der Waals surface area contributed by atoms with Crippen molar-refractivity contribution in [1.29, 1.82) is 0 Å². The molecular weight excluding hydrogens is 416 g/mol. The van der Waals surface area contributed by atoms with Crippen LogP contribution in [0.3, 0.4) is 0 Å². The zero-order chi connectivity index (χ0) is 20.7. The van der Waals surface area contributed by atoms with Gasteiger partial charge in [0, 0.05) is 36.5 Å². The highest BCUT2D eigenvalue weighted by molar-refractivity contribution is 5.96. The van der Waals surface area contributed by atoms with Crippen LogP contribution in [-0.2, 0) is 0 Å². The number of rotatable bonds is 2. The molecule has 2 saturated heterocycles. The van der Waals surface area contributed by atoms with Gasteiger partial charge in [-0.1, -0.05) is 30.3 Å². The molecule has 1 amide bonds. The van der Waals surface area contributed by atoms with E-state index in [-0.39, 0.29) is 24.2 Å². The third-order valence-corrected chi connectivity index (χ3v) is 6.49. The maximum atomic E-state index is 13.2. The summed E-state index contributed by atoms with van der Waals surface area (Å²) < 4.78 is 5.45. The van der Waals surface area contributed by atoms with Gasteiger partial charge in [-0.25, -0.2) is 4.79 Å². The van der Waals surface area contributed by atoms with Crippen molar-refractivity contribution < 1.29 is 14.3 Å². The molecule has 5 rings (SSSR count). The van der Waals surface area contributed by atoms with Gasteiger partial charge < -0.3 is 19.7 Å². The minimum Gasteiger partial charge on any atom is -0.422 e. The molecule has 1 aromatic heterocycles. The number of hydrogen-bond donors (Lipinski definition) is 2. The summed E-state index contributed by atoms with van der Waals surface area (Å²) in [6.07, 6.45) is 1.33. The summed E-state index contributed by atoms with van der Waals surface area (Å²) in [6.45, 7) is 2.61. The van der Waals surface area contributed by atoms with E-state index < -0.39 is 11.2 Å². The fraction of sp³-hybridized carbons (Fsp3) is 0.333. The van der Waals surface area contributed by atoms with Crippen molar-refractivity contribution in [3.05, 3.63) is 70.6 Å². The van der Waals surface area contributed by atoms with Crippen LogP contribution in [0.15, 0.2) is 63.8 Å². The molecule has 0 bridgehead atoms. The molecule has 2 atom stereocenters. The molecule has 0 spiro atoms. The van der Waals surface area contributed by atoms with Crippen molar-refractivity contribution in [2.24, 2.45) is 5.92 Å². The third kappa shape index (κ3) is 3.99. The van der Waals surface area contributed by atoms with Crippen LogP contribution >= 0.6 is 12.4 Å². The van der Waals surface area contributed by atoms with Crippen molar-refractivity contribution >= 4 is 29.3 Å². The SMILES string of the molecule is Cl.O=C(c1cccc(-c2cc3ccccc3oc2=O)c1)N1CC[C@@]2(O)CCNC[C@H]2C1. The number of nitrogens with zero attached hydrogens (tertiary/aromatic N) is 1. The van der Waals surface area contributed by atoms with Gasteiger partial charge in [0.1, 0.15) is 5.58 Å². The number of carbonyl (C=O) groups excluding carboxylic acids is 1. The van der Waals surface area contributed by atoms with E-state index in [2.05, 4.69) is 5.32 Å². The van der Waals surface area contributed by atoms with E-state index in [1.807, 2.05) is 29.2 Å². The summed E-state index contributed by atoms with van der Waals surface area (Å²) in [5, 5.41) is 15.0. The van der Waals surface area contributed by atoms with Crippen molar-refractivity contribution in [2.45, 2.75) is 18.4 Å². The van der Waals surface area contributed by atoms with Gasteiger partial charge in [-0.3, -0.25) is 4.79 Å². The first-order valence-corrected chi connectivity index (χ1v) is 10.4. The molecular formula is C24H25ClN2O4. The minimum atomic E-state index is -0.673. The fourth-order valence-electron chi connectivity index (χ4n) is 4.67. The second-order valence-electron chi connectivity index (χ2n) is 8.32. The lowest BCUT2D eigenvalue weighted by Gasteiger charge is -2.47. The zero-order valence-corrected chi connectivity index (χ0v) is 17.9. The number of aliphatic hydroxyl groups is 1. The summed E-state index contributed by atoms with van der Waals surface area (Å²) in [4.78, 5) is 27.5. The van der Waals surface area contributed by atoms with Crippen molar-refractivity contribution in [1.82, 2.24) is 10.2 Å². The molecule has 0 saturated carbocycles. The van der Waals surface area contributed by atoms with Crippen molar-refractivity contribution in [2.75, 3.05) is 26.2 Å². The molecule has 3 aromatic rings. The first-order valence-electron chi connectivity index (χ1n) is 10.4. The average molecular weight is 441 g/mol. The van der Waals surface area contributed by atoms with Crippen LogP contribution in [0.5, 0.6) is 0 Å². The lowest BCUT2D eigenvalue weighted by Crippen LogP contribution is -2.59. The van der Waals surface area contributed by atoms with Gasteiger partial charge >= 0.3 is 5.63 Å². The summed E-state index contributed by atoms with van der Waals surface area (Å²) in [5.74, 6) is -0.0330. The maximum absolute atomic E-state index is 13.2. The molecule has 0 aliphatic carbocycles. The number of amides is 1. The number of likely N-dealkylation sites (tertiary alicyclic amines) is 1. The number of fused-ring (bicyclic) bond motifs is 2. The van der Waals surface area contributed by atoms with E-state index in [1.165, 1.54) is 0 Å². The molecule has 6 nitrogen and oxygen atoms in total. The standard InChI is InChI=1S/C24H24N2O4.ClH/c27-22(26-11-9-24(29)8-10-25-14-19(24)15-26)18-6-3-5-16(12-18)20-13-17-4-1-2-7-21(17)30-23(20)28;/h1-7,12-13,19,25,29H,8-11,14-15H2;1H/t19-,24-;/m0./s1. The van der Waals surface area contributed by atoms with Crippen LogP contribution in [0, 0.1) is 5.92 Å². The summed E-state index contributed by atoms with van der Waals surface area (Å²) in [7, 11) is 0. The molecule has 2 N–H and O–H groups in total. The van der Waals surface area contributed by atoms with Gasteiger partial charge in [-0.2, -0.15) is 0 Å². The van der Waals surface area contributed by atoms with Crippen LogP contribution in [0.1, 0.15) is 23.2 Å². The zero-order valence-electron chi connectivity index (χ0n) is 17.0. The van der Waals surface area contributed by atoms with E-state index >= 15 is 0 Å². The second kappa shape index (κ2) is 8.46. The highest BCUT2D eigenvalue weighted by Crippen LogP contribution is 2.33. The molecule has 162 valence electrons. The smallest absolute Gasteiger partial charge is 0.344 e. The largest absolute Gasteiger partial charge is 0.422 e. The van der Waals surface area contributed by atoms with Crippen LogP contribution in [-0.4, -0.2) is 47.7 Å². The summed E-state index contributed by atoms with van der Waals surface area (Å²) in [6, 6.07) is 16.3. The Balaban J connectivity index is 0.00000231. The minimum absolute atomic E-state index is 0. The van der Waals surface area contributed by atoms with Crippen LogP contribution in [0.4, 0.5) is 0 Å². The van der Waals surface area contributed by atoms with Gasteiger partial charge in [0.15, 0.2) is 0 Å². The number of carbonyl (C=O) groups is 1. The number of nitrogens with one attached hydrogen (secondary N) is 1. The highest BCUT2D eigenvalue weighted by Gasteiger charge is 2.43. The van der Waals surface area contributed by atoms with E-state index in [0.717, 1.165) is 24.9 Å². The predicted octanol–water partition coefficient (Wildman–Crippen LogP) is 3.07. The Kier molecular flexibility index (Phi) is 5.88. The Morgan fingerprint density at radius 1 is 1.13 bits per heavy atom. The van der Waals surface area contributed by atoms with Gasteiger partial charge in [0.25, 0.3) is 5.91 Å². The molecule has 2 aliphatic heterocycles. The molecule has 31 heavy (non-hydrogen) atoms. The third-order valence-electron chi connectivity index (χ3n) is 6.49. The molecule has 2 aliphatic rings. The fourth-order valence-corrected chi connectivity index (χ4v) is 4.67. The van der Waals surface area contributed by atoms with E-state index in [1.54, 1.807) is 30.3 Å². The normalized spacial score (nSPS) is 23.1. The van der Waals surface area contributed by atoms with Gasteiger partial charge in [0.05, 0.1) is 11.2 Å². The number of piperidine rings is 2. The van der Waals surface area contributed by atoms with Crippen molar-refractivity contribution in [3.63, 3.8) is 0 Å². The number of halogens is 1. The summed E-state index contributed by atoms with van der Waals surface area (Å²) in [5.41, 5.74) is 1.08. The van der Waals surface area contributed by atoms with Crippen LogP contribution in [0.2, 0.25) is 0 Å². The van der Waals surface area contributed by atoms with Crippen molar-refractivity contribution in [3.8, 4) is 11.1 Å². The first-order chi connectivity index (χ1) is 14.5. The Morgan fingerprint density at radius 3 is 2.84 bits per heavy atom. The van der Waals surface area contributed by atoms with Crippen LogP contribution < -0.4 is 10.9 Å². The average Bonchev–Trinajstić information content (AvgIpc) is 2.77. The Morgan fingerprint density at radius 2 is 1.97 bits per heavy atom. The van der Waals surface area contributed by atoms with Crippen LogP contribution in [0.25, 0.3) is 22.1 Å². The topological polar surface area (TPSA) is 82.8 Å². The Bertz CT molecular complexity index is 1180. The van der Waals surface area contributed by atoms with E-state index in [9.17, 15) is 14.7 Å². The predicted molar refractivity (Wildman–Crippen MR) is 122 cm³/mol. The molecule has 7 heteroatoms. The monoisotopic (exact) mass is 440 g/mol. The number of para-hydroxylation sites is 1. The molecule has 2 aromatic carbocycles. The molecule has 2 fully saturated rings. The quantitative estimate of drug-likeness (QED) is 0.598. The lowest BCUT2D eigenvalue weighted by atomic mass is 9.76. The van der Waals surface area contributed by atoms with Gasteiger partial charge in [0.2, 0.25) is 0 Å². The number of hydrogen-bond acceptors (Lipinski definition) is 5. The Labute approximate surface area is 186 Å². The molecule has 0 radical (unpaired) electrons. The summed E-state index contributed by atoms with van der Waals surface area (Å²) >= 11 is 0. The van der Waals surface area contributed by atoms with E-state index in [0.29, 0.717) is 41.8 Å². The molecule has 0 unspecified atom stereocenters. The van der Waals surface area contributed by atoms with Gasteiger partial charge in [-0.15, -0.1) is 12.4 Å². The van der Waals surface area contributed by atoms with E-state index in [4.69, 9.17) is 4.42 Å². The molecule has 3 heterocycles. The Hall–Kier alpha value is -2.67. The highest BCUT2D eigenvalue weighted by atomic mass is 35.5. The second-order valence-corrected chi connectivity index (χ2v) is 8.32. The number of benzene rings is 2. The van der Waals surface area contributed by atoms with Gasteiger partial charge in [-0.05, 0) is 49.2 Å². The first kappa shape index (κ1) is 21.6. The maximum Gasteiger partial charge on any atom is 0.344 e.